The molecule has 2 fully saturated rings. The van der Waals surface area contributed by atoms with Gasteiger partial charge in [-0.2, -0.15) is 0 Å². The largest absolute Gasteiger partial charge is 0.507 e. The number of rotatable bonds is 5. The summed E-state index contributed by atoms with van der Waals surface area (Å²) in [5.41, 5.74) is 6.81. The molecular weight excluding hydrogens is 480 g/mol. The van der Waals surface area contributed by atoms with Gasteiger partial charge in [-0.3, -0.25) is 4.79 Å². The number of benzene rings is 1. The quantitative estimate of drug-likeness (QED) is 0.403. The number of carbonyl (C=O) groups is 2. The van der Waals surface area contributed by atoms with Crippen LogP contribution in [-0.4, -0.2) is 52.6 Å². The number of hydrogen-bond donors (Lipinski definition) is 0. The lowest BCUT2D eigenvalue weighted by atomic mass is 9.51. The molecule has 5 rings (SSSR count). The standard InChI is InChI=1S/C29H36O3.C3H6O3/c1-5-19-6-8-20(9-7-19)25-17-28(2)26(14-15-29(28,32-4)18-31-3)24-12-10-21-16-22(30)11-13-23(21)27(24)25;1-5-3(4)6-2/h5-9,16,24-26H,1,10-15,17-18H2,2-4H3;1-2H3/t24-,25+,26-,28-,29+;/m0./s1. The minimum absolute atomic E-state index is 0.0555. The molecular formula is C32H42O6. The molecule has 4 aliphatic carbocycles. The number of methoxy groups -OCH3 is 4. The van der Waals surface area contributed by atoms with Crippen LogP contribution >= 0.6 is 0 Å². The Bertz CT molecular complexity index is 1110. The third-order valence-electron chi connectivity index (χ3n) is 9.70. The van der Waals surface area contributed by atoms with Crippen molar-refractivity contribution in [3.63, 3.8) is 0 Å². The van der Waals surface area contributed by atoms with Crippen LogP contribution in [0, 0.1) is 17.3 Å². The van der Waals surface area contributed by atoms with Gasteiger partial charge in [0.25, 0.3) is 0 Å². The topological polar surface area (TPSA) is 71.1 Å². The average Bonchev–Trinajstić information content (AvgIpc) is 3.24. The Morgan fingerprint density at radius 2 is 1.76 bits per heavy atom. The molecule has 6 heteroatoms. The van der Waals surface area contributed by atoms with Crippen molar-refractivity contribution in [2.45, 2.75) is 63.4 Å². The summed E-state index contributed by atoms with van der Waals surface area (Å²) in [5.74, 6) is 1.82. The van der Waals surface area contributed by atoms with Crippen molar-refractivity contribution in [1.82, 2.24) is 0 Å². The average molecular weight is 523 g/mol. The molecule has 0 aromatic heterocycles. The minimum atomic E-state index is -0.657. The molecule has 0 bridgehead atoms. The Balaban J connectivity index is 0.000000505. The van der Waals surface area contributed by atoms with Crippen LogP contribution < -0.4 is 0 Å². The van der Waals surface area contributed by atoms with E-state index in [1.807, 2.05) is 19.3 Å². The maximum Gasteiger partial charge on any atom is 0.507 e. The second-order valence-corrected chi connectivity index (χ2v) is 11.2. The molecule has 0 aliphatic heterocycles. The van der Waals surface area contributed by atoms with Crippen LogP contribution in [0.2, 0.25) is 0 Å². The predicted molar refractivity (Wildman–Crippen MR) is 148 cm³/mol. The normalized spacial score (nSPS) is 31.7. The van der Waals surface area contributed by atoms with Gasteiger partial charge in [-0.15, -0.1) is 0 Å². The summed E-state index contributed by atoms with van der Waals surface area (Å²) in [7, 11) is 6.19. The lowest BCUT2D eigenvalue weighted by Crippen LogP contribution is -2.54. The first-order valence-electron chi connectivity index (χ1n) is 13.6. The molecule has 5 atom stereocenters. The summed E-state index contributed by atoms with van der Waals surface area (Å²) in [4.78, 5) is 21.9. The summed E-state index contributed by atoms with van der Waals surface area (Å²) in [6, 6.07) is 8.96. The highest BCUT2D eigenvalue weighted by Gasteiger charge is 2.63. The Labute approximate surface area is 227 Å². The van der Waals surface area contributed by atoms with Crippen LogP contribution in [0.15, 0.2) is 53.6 Å². The van der Waals surface area contributed by atoms with E-state index >= 15 is 0 Å². The van der Waals surface area contributed by atoms with Crippen LogP contribution in [0.1, 0.15) is 68.9 Å². The molecule has 6 nitrogen and oxygen atoms in total. The second kappa shape index (κ2) is 11.6. The van der Waals surface area contributed by atoms with E-state index in [1.165, 1.54) is 37.4 Å². The van der Waals surface area contributed by atoms with Crippen molar-refractivity contribution in [3.05, 3.63) is 64.8 Å². The Kier molecular flexibility index (Phi) is 8.63. The molecule has 0 amide bonds. The molecule has 0 spiro atoms. The fraction of sp³-hybridized carbons (Fsp3) is 0.562. The molecule has 4 aliphatic rings. The van der Waals surface area contributed by atoms with Gasteiger partial charge >= 0.3 is 6.16 Å². The van der Waals surface area contributed by atoms with Gasteiger partial charge in [0.05, 0.1) is 26.4 Å². The molecule has 2 saturated carbocycles. The Hall–Kier alpha value is -2.70. The summed E-state index contributed by atoms with van der Waals surface area (Å²) in [6.45, 7) is 7.04. The lowest BCUT2D eigenvalue weighted by molar-refractivity contribution is -0.149. The lowest BCUT2D eigenvalue weighted by Gasteiger charge is -2.55. The summed E-state index contributed by atoms with van der Waals surface area (Å²) < 4.78 is 20.1. The van der Waals surface area contributed by atoms with Gasteiger partial charge < -0.3 is 18.9 Å². The molecule has 206 valence electrons. The maximum atomic E-state index is 12.2. The van der Waals surface area contributed by atoms with E-state index in [1.54, 1.807) is 12.7 Å². The summed E-state index contributed by atoms with van der Waals surface area (Å²) >= 11 is 0. The highest BCUT2D eigenvalue weighted by atomic mass is 16.7. The number of allylic oxidation sites excluding steroid dienone is 4. The number of ether oxygens (including phenoxy) is 4. The molecule has 1 aromatic rings. The number of fused-ring (bicyclic) bond motifs is 4. The van der Waals surface area contributed by atoms with Gasteiger partial charge in [0, 0.05) is 32.0 Å². The van der Waals surface area contributed by atoms with E-state index < -0.39 is 6.16 Å². The molecule has 38 heavy (non-hydrogen) atoms. The molecule has 0 radical (unpaired) electrons. The van der Waals surface area contributed by atoms with Crippen molar-refractivity contribution in [1.29, 1.82) is 0 Å². The predicted octanol–water partition coefficient (Wildman–Crippen LogP) is 6.66. The molecule has 1 aromatic carbocycles. The van der Waals surface area contributed by atoms with Gasteiger partial charge in [-0.05, 0) is 78.7 Å². The molecule has 0 N–H and O–H groups in total. The zero-order valence-corrected chi connectivity index (χ0v) is 23.5. The summed E-state index contributed by atoms with van der Waals surface area (Å²) in [5, 5.41) is 0. The van der Waals surface area contributed by atoms with Gasteiger partial charge in [0.15, 0.2) is 5.78 Å². The van der Waals surface area contributed by atoms with Gasteiger partial charge in [-0.25, -0.2) is 4.79 Å². The first-order valence-corrected chi connectivity index (χ1v) is 13.6. The number of hydrogen-bond acceptors (Lipinski definition) is 6. The second-order valence-electron chi connectivity index (χ2n) is 11.2. The molecule has 0 unspecified atom stereocenters. The third kappa shape index (κ3) is 4.89. The Morgan fingerprint density at radius 1 is 1.05 bits per heavy atom. The van der Waals surface area contributed by atoms with Crippen LogP contribution in [-0.2, 0) is 23.7 Å². The van der Waals surface area contributed by atoms with Crippen LogP contribution in [0.3, 0.4) is 0 Å². The van der Waals surface area contributed by atoms with Crippen molar-refractivity contribution >= 4 is 18.0 Å². The van der Waals surface area contributed by atoms with Gasteiger partial charge in [-0.1, -0.05) is 49.4 Å². The van der Waals surface area contributed by atoms with Crippen molar-refractivity contribution in [3.8, 4) is 0 Å². The number of ketones is 1. The van der Waals surface area contributed by atoms with E-state index in [9.17, 15) is 9.59 Å². The molecule has 0 saturated heterocycles. The van der Waals surface area contributed by atoms with E-state index in [-0.39, 0.29) is 11.0 Å². The summed E-state index contributed by atoms with van der Waals surface area (Å²) in [6.07, 6.45) is 10.3. The Morgan fingerprint density at radius 3 is 2.34 bits per heavy atom. The number of carbonyl (C=O) groups excluding carboxylic acids is 2. The SMILES string of the molecule is C=Cc1ccc([C@H]2C[C@@]3(C)[C@@H](CC[C@]3(COC)OC)[C@@H]3CCC4=CC(=O)CCC4=C32)cc1.COC(=O)OC. The van der Waals surface area contributed by atoms with E-state index in [0.717, 1.165) is 37.7 Å². The van der Waals surface area contributed by atoms with Crippen molar-refractivity contribution in [2.24, 2.45) is 17.3 Å². The fourth-order valence-electron chi connectivity index (χ4n) is 7.85. The zero-order chi connectivity index (χ0) is 27.5. The minimum Gasteiger partial charge on any atom is -0.438 e. The third-order valence-corrected chi connectivity index (χ3v) is 9.70. The molecule has 0 heterocycles. The fourth-order valence-corrected chi connectivity index (χ4v) is 7.85. The van der Waals surface area contributed by atoms with Gasteiger partial charge in [0.1, 0.15) is 0 Å². The highest BCUT2D eigenvalue weighted by molar-refractivity contribution is 5.93. The van der Waals surface area contributed by atoms with Crippen LogP contribution in [0.4, 0.5) is 4.79 Å². The smallest absolute Gasteiger partial charge is 0.438 e. The maximum absolute atomic E-state index is 12.2. The highest BCUT2D eigenvalue weighted by Crippen LogP contribution is 2.67. The van der Waals surface area contributed by atoms with Crippen LogP contribution in [0.25, 0.3) is 6.08 Å². The van der Waals surface area contributed by atoms with E-state index in [0.29, 0.717) is 36.6 Å². The van der Waals surface area contributed by atoms with E-state index in [4.69, 9.17) is 9.47 Å². The van der Waals surface area contributed by atoms with E-state index in [2.05, 4.69) is 47.2 Å². The van der Waals surface area contributed by atoms with Gasteiger partial charge in [0.2, 0.25) is 0 Å². The first-order chi connectivity index (χ1) is 18.3. The van der Waals surface area contributed by atoms with Crippen molar-refractivity contribution in [2.75, 3.05) is 35.0 Å². The van der Waals surface area contributed by atoms with Crippen molar-refractivity contribution < 1.29 is 28.5 Å². The first kappa shape index (κ1) is 28.3. The zero-order valence-electron chi connectivity index (χ0n) is 23.5. The monoisotopic (exact) mass is 522 g/mol. The van der Waals surface area contributed by atoms with Crippen LogP contribution in [0.5, 0.6) is 0 Å².